The molecule has 2 aromatic rings. The minimum atomic E-state index is -1.01. The van der Waals surface area contributed by atoms with Gasteiger partial charge in [-0.05, 0) is 25.0 Å². The van der Waals surface area contributed by atoms with Crippen LogP contribution in [0.1, 0.15) is 28.5 Å². The van der Waals surface area contributed by atoms with Gasteiger partial charge in [0.25, 0.3) is 0 Å². The summed E-state index contributed by atoms with van der Waals surface area (Å²) in [7, 11) is 0. The molecule has 5 nitrogen and oxygen atoms in total. The molecule has 0 atom stereocenters. The molecule has 0 aliphatic rings. The number of benzene rings is 1. The number of nitrogens with one attached hydrogen (secondary N) is 1. The number of hydrogen-bond acceptors (Lipinski definition) is 3. The van der Waals surface area contributed by atoms with Crippen LogP contribution in [0.2, 0.25) is 0 Å². The molecule has 100 valence electrons. The van der Waals surface area contributed by atoms with Crippen LogP contribution in [0.15, 0.2) is 30.5 Å². The Hall–Kier alpha value is -2.30. The van der Waals surface area contributed by atoms with Crippen molar-refractivity contribution in [2.24, 2.45) is 0 Å². The van der Waals surface area contributed by atoms with Gasteiger partial charge in [-0.2, -0.15) is 5.10 Å². The van der Waals surface area contributed by atoms with Crippen LogP contribution in [-0.2, 0) is 13.1 Å². The molecule has 0 saturated heterocycles. The molecular formula is C14H17N3O2. The van der Waals surface area contributed by atoms with Crippen LogP contribution in [0.3, 0.4) is 0 Å². The largest absolute Gasteiger partial charge is 0.476 e. The van der Waals surface area contributed by atoms with Crippen molar-refractivity contribution in [1.29, 1.82) is 0 Å². The van der Waals surface area contributed by atoms with Crippen LogP contribution in [-0.4, -0.2) is 20.9 Å². The maximum Gasteiger partial charge on any atom is 0.358 e. The van der Waals surface area contributed by atoms with Crippen LogP contribution >= 0.6 is 0 Å². The van der Waals surface area contributed by atoms with E-state index in [1.54, 1.807) is 10.9 Å². The third-order valence-corrected chi connectivity index (χ3v) is 3.02. The lowest BCUT2D eigenvalue weighted by atomic mass is 10.1. The van der Waals surface area contributed by atoms with Gasteiger partial charge in [-0.1, -0.05) is 24.3 Å². The molecule has 1 aromatic carbocycles. The van der Waals surface area contributed by atoms with E-state index in [1.165, 1.54) is 5.56 Å². The Kier molecular flexibility index (Phi) is 3.85. The first-order chi connectivity index (χ1) is 9.11. The molecule has 0 aliphatic heterocycles. The topological polar surface area (TPSA) is 67.2 Å². The molecule has 2 N–H and O–H groups in total. The number of rotatable bonds is 5. The summed E-state index contributed by atoms with van der Waals surface area (Å²) in [6, 6.07) is 8.01. The minimum absolute atomic E-state index is 0.0652. The number of anilines is 1. The first-order valence-corrected chi connectivity index (χ1v) is 6.21. The van der Waals surface area contributed by atoms with Gasteiger partial charge < -0.3 is 10.4 Å². The van der Waals surface area contributed by atoms with E-state index in [1.807, 2.05) is 38.1 Å². The molecule has 0 fully saturated rings. The van der Waals surface area contributed by atoms with Gasteiger partial charge in [0.05, 0.1) is 5.69 Å². The van der Waals surface area contributed by atoms with Gasteiger partial charge in [0.2, 0.25) is 0 Å². The van der Waals surface area contributed by atoms with Crippen LogP contribution in [0.5, 0.6) is 0 Å². The highest BCUT2D eigenvalue weighted by Crippen LogP contribution is 2.16. The molecule has 5 heteroatoms. The number of carboxylic acid groups (broad SMARTS) is 1. The van der Waals surface area contributed by atoms with Crippen LogP contribution in [0.25, 0.3) is 0 Å². The van der Waals surface area contributed by atoms with E-state index < -0.39 is 5.97 Å². The average Bonchev–Trinajstić information content (AvgIpc) is 2.81. The van der Waals surface area contributed by atoms with Gasteiger partial charge in [-0.15, -0.1) is 0 Å². The quantitative estimate of drug-likeness (QED) is 0.865. The zero-order chi connectivity index (χ0) is 13.8. The smallest absolute Gasteiger partial charge is 0.358 e. The second-order valence-electron chi connectivity index (χ2n) is 4.33. The van der Waals surface area contributed by atoms with Gasteiger partial charge in [0, 0.05) is 19.3 Å². The van der Waals surface area contributed by atoms with Crippen molar-refractivity contribution < 1.29 is 9.90 Å². The average molecular weight is 259 g/mol. The summed E-state index contributed by atoms with van der Waals surface area (Å²) in [5.74, 6) is -1.01. The second kappa shape index (κ2) is 5.56. The molecule has 1 aromatic heterocycles. The van der Waals surface area contributed by atoms with Crippen LogP contribution in [0.4, 0.5) is 5.69 Å². The normalized spacial score (nSPS) is 10.4. The van der Waals surface area contributed by atoms with Crippen molar-refractivity contribution in [2.75, 3.05) is 5.32 Å². The van der Waals surface area contributed by atoms with Crippen molar-refractivity contribution in [1.82, 2.24) is 9.78 Å². The Labute approximate surface area is 111 Å². The third-order valence-electron chi connectivity index (χ3n) is 3.02. The van der Waals surface area contributed by atoms with E-state index in [4.69, 9.17) is 5.11 Å². The maximum atomic E-state index is 11.1. The molecule has 0 aliphatic carbocycles. The Morgan fingerprint density at radius 2 is 2.16 bits per heavy atom. The van der Waals surface area contributed by atoms with Gasteiger partial charge in [-0.25, -0.2) is 4.79 Å². The molecular weight excluding hydrogens is 242 g/mol. The zero-order valence-electron chi connectivity index (χ0n) is 11.1. The predicted octanol–water partition coefficient (Wildman–Crippen LogP) is 2.52. The summed E-state index contributed by atoms with van der Waals surface area (Å²) in [5, 5.41) is 16.3. The van der Waals surface area contributed by atoms with Gasteiger partial charge in [0.1, 0.15) is 0 Å². The molecule has 0 unspecified atom stereocenters. The van der Waals surface area contributed by atoms with E-state index >= 15 is 0 Å². The first-order valence-electron chi connectivity index (χ1n) is 6.21. The van der Waals surface area contributed by atoms with Crippen molar-refractivity contribution >= 4 is 11.7 Å². The fraction of sp³-hybridized carbons (Fsp3) is 0.286. The lowest BCUT2D eigenvalue weighted by Gasteiger charge is -2.07. The van der Waals surface area contributed by atoms with Gasteiger partial charge in [0.15, 0.2) is 5.69 Å². The summed E-state index contributed by atoms with van der Waals surface area (Å²) in [6.45, 7) is 5.18. The molecule has 1 heterocycles. The van der Waals surface area contributed by atoms with Crippen molar-refractivity contribution in [3.63, 3.8) is 0 Å². The molecule has 0 amide bonds. The van der Waals surface area contributed by atoms with Crippen molar-refractivity contribution in [2.45, 2.75) is 26.9 Å². The summed E-state index contributed by atoms with van der Waals surface area (Å²) in [4.78, 5) is 11.1. The number of aromatic carboxylic acids is 1. The number of carboxylic acids is 1. The number of hydrogen-bond donors (Lipinski definition) is 2. The van der Waals surface area contributed by atoms with Gasteiger partial charge >= 0.3 is 5.97 Å². The molecule has 2 rings (SSSR count). The third kappa shape index (κ3) is 2.93. The summed E-state index contributed by atoms with van der Waals surface area (Å²) in [6.07, 6.45) is 1.72. The predicted molar refractivity (Wildman–Crippen MR) is 73.4 cm³/mol. The molecule has 0 bridgehead atoms. The van der Waals surface area contributed by atoms with E-state index in [0.717, 1.165) is 5.56 Å². The number of carbonyl (C=O) groups is 1. The molecule has 0 saturated carbocycles. The lowest BCUT2D eigenvalue weighted by molar-refractivity contribution is 0.0690. The Morgan fingerprint density at radius 3 is 2.79 bits per heavy atom. The van der Waals surface area contributed by atoms with Crippen LogP contribution < -0.4 is 5.32 Å². The minimum Gasteiger partial charge on any atom is -0.476 e. The fourth-order valence-electron chi connectivity index (χ4n) is 1.87. The van der Waals surface area contributed by atoms with E-state index in [2.05, 4.69) is 10.4 Å². The Morgan fingerprint density at radius 1 is 1.42 bits per heavy atom. The van der Waals surface area contributed by atoms with Gasteiger partial charge in [-0.3, -0.25) is 4.68 Å². The number of aryl methyl sites for hydroxylation is 2. The van der Waals surface area contributed by atoms with Crippen molar-refractivity contribution in [3.05, 3.63) is 47.3 Å². The monoisotopic (exact) mass is 259 g/mol. The summed E-state index contributed by atoms with van der Waals surface area (Å²) >= 11 is 0. The van der Waals surface area contributed by atoms with E-state index in [-0.39, 0.29) is 5.69 Å². The highest BCUT2D eigenvalue weighted by molar-refractivity contribution is 5.91. The van der Waals surface area contributed by atoms with E-state index in [0.29, 0.717) is 18.8 Å². The van der Waals surface area contributed by atoms with Crippen molar-refractivity contribution in [3.8, 4) is 0 Å². The second-order valence-corrected chi connectivity index (χ2v) is 4.33. The molecule has 0 spiro atoms. The first kappa shape index (κ1) is 13.1. The van der Waals surface area contributed by atoms with Crippen LogP contribution in [0, 0.1) is 6.92 Å². The highest BCUT2D eigenvalue weighted by Gasteiger charge is 2.15. The highest BCUT2D eigenvalue weighted by atomic mass is 16.4. The van der Waals surface area contributed by atoms with E-state index in [9.17, 15) is 4.79 Å². The zero-order valence-corrected chi connectivity index (χ0v) is 11.1. The summed E-state index contributed by atoms with van der Waals surface area (Å²) < 4.78 is 1.61. The number of nitrogens with zero attached hydrogens (tertiary/aromatic N) is 2. The standard InChI is InChI=1S/C14H17N3O2/c1-3-17-9-12(13(16-17)14(18)19)15-8-11-7-5-4-6-10(11)2/h4-7,9,15H,3,8H2,1-2H3,(H,18,19). The SMILES string of the molecule is CCn1cc(NCc2ccccc2C)c(C(=O)O)n1. The molecule has 19 heavy (non-hydrogen) atoms. The molecule has 0 radical (unpaired) electrons. The number of aromatic nitrogens is 2. The fourth-order valence-corrected chi connectivity index (χ4v) is 1.87. The maximum absolute atomic E-state index is 11.1. The Balaban J connectivity index is 2.17. The summed E-state index contributed by atoms with van der Waals surface area (Å²) in [5.41, 5.74) is 2.94. The lowest BCUT2D eigenvalue weighted by Crippen LogP contribution is -2.06. The Bertz CT molecular complexity index is 590.